The van der Waals surface area contributed by atoms with E-state index in [1.165, 1.54) is 6.42 Å². The molecule has 2 N–H and O–H groups in total. The van der Waals surface area contributed by atoms with Crippen LogP contribution in [0.3, 0.4) is 0 Å². The number of nitrogens with one attached hydrogen (secondary N) is 2. The van der Waals surface area contributed by atoms with E-state index in [-0.39, 0.29) is 10.3 Å². The first-order valence-corrected chi connectivity index (χ1v) is 9.20. The van der Waals surface area contributed by atoms with E-state index >= 15 is 0 Å². The van der Waals surface area contributed by atoms with Gasteiger partial charge in [-0.05, 0) is 43.2 Å². The second-order valence-electron chi connectivity index (χ2n) is 5.81. The average Bonchev–Trinajstić information content (AvgIpc) is 2.44. The summed E-state index contributed by atoms with van der Waals surface area (Å²) < 4.78 is 27.8. The van der Waals surface area contributed by atoms with E-state index in [1.54, 1.807) is 18.3 Å². The molecule has 0 aliphatic heterocycles. The largest absolute Gasteiger partial charge is 0.369 e. The maximum absolute atomic E-state index is 12.5. The summed E-state index contributed by atoms with van der Waals surface area (Å²) in [5, 5.41) is 3.08. The van der Waals surface area contributed by atoms with Crippen LogP contribution in [0.5, 0.6) is 0 Å². The maximum Gasteiger partial charge on any atom is 0.244 e. The van der Waals surface area contributed by atoms with E-state index in [1.807, 2.05) is 6.92 Å². The normalized spacial score (nSPS) is 17.2. The lowest BCUT2D eigenvalue weighted by molar-refractivity contribution is 0.133. The Morgan fingerprint density at radius 1 is 1.33 bits per heavy atom. The molecule has 5 nitrogen and oxygen atoms in total. The minimum atomic E-state index is -3.52. The Bertz CT molecular complexity index is 563. The van der Waals surface area contributed by atoms with Gasteiger partial charge in [0, 0.05) is 19.3 Å². The standard InChI is InChI=1S/C15H25N3O2S/c1-3-10-16-14-13(7-5-11-17-14)21(19,20)18-12-15(4-2)8-6-9-15/h5,7,11,18H,3-4,6,8-10,12H2,1-2H3,(H,16,17). The van der Waals surface area contributed by atoms with Crippen molar-refractivity contribution in [3.8, 4) is 0 Å². The molecule has 1 aromatic rings. The van der Waals surface area contributed by atoms with Crippen molar-refractivity contribution in [2.24, 2.45) is 5.41 Å². The lowest BCUT2D eigenvalue weighted by atomic mass is 9.67. The highest BCUT2D eigenvalue weighted by atomic mass is 32.2. The SMILES string of the molecule is CCCNc1ncccc1S(=O)(=O)NCC1(CC)CCC1. The summed E-state index contributed by atoms with van der Waals surface area (Å²) in [6.45, 7) is 5.39. The molecule has 118 valence electrons. The molecule has 0 bridgehead atoms. The second kappa shape index (κ2) is 6.75. The predicted octanol–water partition coefficient (Wildman–Crippen LogP) is 2.76. The molecule has 0 radical (unpaired) electrons. The Kier molecular flexibility index (Phi) is 5.22. The molecule has 1 aromatic heterocycles. The Morgan fingerprint density at radius 2 is 2.10 bits per heavy atom. The van der Waals surface area contributed by atoms with E-state index in [2.05, 4.69) is 21.9 Å². The number of aromatic nitrogens is 1. The van der Waals surface area contributed by atoms with Crippen LogP contribution in [0.1, 0.15) is 46.0 Å². The molecule has 0 unspecified atom stereocenters. The molecule has 2 rings (SSSR count). The number of sulfonamides is 1. The molecule has 1 fully saturated rings. The minimum absolute atomic E-state index is 0.159. The van der Waals surface area contributed by atoms with Crippen LogP contribution >= 0.6 is 0 Å². The number of anilines is 1. The van der Waals surface area contributed by atoms with Crippen LogP contribution < -0.4 is 10.0 Å². The zero-order valence-corrected chi connectivity index (χ0v) is 13.7. The van der Waals surface area contributed by atoms with Gasteiger partial charge in [0.05, 0.1) is 0 Å². The van der Waals surface area contributed by atoms with Gasteiger partial charge in [0.2, 0.25) is 10.0 Å². The fourth-order valence-corrected chi connectivity index (χ4v) is 3.93. The Balaban J connectivity index is 2.12. The molecule has 0 atom stereocenters. The summed E-state index contributed by atoms with van der Waals surface area (Å²) in [6.07, 6.45) is 6.97. The van der Waals surface area contributed by atoms with Crippen molar-refractivity contribution in [2.45, 2.75) is 50.8 Å². The molecule has 1 saturated carbocycles. The van der Waals surface area contributed by atoms with Gasteiger partial charge in [0.1, 0.15) is 10.7 Å². The lowest BCUT2D eigenvalue weighted by Crippen LogP contribution is -2.41. The van der Waals surface area contributed by atoms with Gasteiger partial charge in [0.15, 0.2) is 0 Å². The van der Waals surface area contributed by atoms with E-state index < -0.39 is 10.0 Å². The summed E-state index contributed by atoms with van der Waals surface area (Å²) in [4.78, 5) is 4.39. The van der Waals surface area contributed by atoms with Gasteiger partial charge in [-0.1, -0.05) is 20.3 Å². The van der Waals surface area contributed by atoms with Gasteiger partial charge in [-0.25, -0.2) is 18.1 Å². The molecule has 0 spiro atoms. The number of nitrogens with zero attached hydrogens (tertiary/aromatic N) is 1. The quantitative estimate of drug-likeness (QED) is 0.774. The van der Waals surface area contributed by atoms with Crippen molar-refractivity contribution < 1.29 is 8.42 Å². The molecule has 0 amide bonds. The summed E-state index contributed by atoms with van der Waals surface area (Å²) in [7, 11) is -3.52. The molecular formula is C15H25N3O2S. The van der Waals surface area contributed by atoms with Crippen molar-refractivity contribution in [1.82, 2.24) is 9.71 Å². The number of pyridine rings is 1. The monoisotopic (exact) mass is 311 g/mol. The van der Waals surface area contributed by atoms with Crippen LogP contribution in [0.4, 0.5) is 5.82 Å². The number of hydrogen-bond acceptors (Lipinski definition) is 4. The van der Waals surface area contributed by atoms with Crippen LogP contribution in [0, 0.1) is 5.41 Å². The predicted molar refractivity (Wildman–Crippen MR) is 84.8 cm³/mol. The number of rotatable bonds is 8. The molecule has 1 aliphatic rings. The summed E-state index contributed by atoms with van der Waals surface area (Å²) in [5.41, 5.74) is 0.159. The van der Waals surface area contributed by atoms with Gasteiger partial charge in [-0.15, -0.1) is 0 Å². The first-order valence-electron chi connectivity index (χ1n) is 7.71. The third-order valence-electron chi connectivity index (χ3n) is 4.40. The van der Waals surface area contributed by atoms with Crippen molar-refractivity contribution in [3.05, 3.63) is 18.3 Å². The van der Waals surface area contributed by atoms with Crippen molar-refractivity contribution in [2.75, 3.05) is 18.4 Å². The van der Waals surface area contributed by atoms with E-state index in [0.717, 1.165) is 25.7 Å². The van der Waals surface area contributed by atoms with E-state index in [9.17, 15) is 8.42 Å². The molecule has 0 aromatic carbocycles. The van der Waals surface area contributed by atoms with Crippen molar-refractivity contribution in [3.63, 3.8) is 0 Å². The smallest absolute Gasteiger partial charge is 0.244 e. The third-order valence-corrected chi connectivity index (χ3v) is 5.84. The molecule has 21 heavy (non-hydrogen) atoms. The molecule has 1 aliphatic carbocycles. The van der Waals surface area contributed by atoms with Crippen LogP contribution in [0.15, 0.2) is 23.2 Å². The van der Waals surface area contributed by atoms with Gasteiger partial charge < -0.3 is 5.32 Å². The molecular weight excluding hydrogens is 286 g/mol. The molecule has 0 saturated heterocycles. The Morgan fingerprint density at radius 3 is 2.67 bits per heavy atom. The zero-order valence-electron chi connectivity index (χ0n) is 12.9. The van der Waals surface area contributed by atoms with Crippen LogP contribution in [-0.4, -0.2) is 26.5 Å². The number of hydrogen-bond donors (Lipinski definition) is 2. The minimum Gasteiger partial charge on any atom is -0.369 e. The summed E-state index contributed by atoms with van der Waals surface area (Å²) >= 11 is 0. The highest BCUT2D eigenvalue weighted by Crippen LogP contribution is 2.43. The summed E-state index contributed by atoms with van der Waals surface area (Å²) in [6, 6.07) is 3.26. The highest BCUT2D eigenvalue weighted by molar-refractivity contribution is 7.89. The van der Waals surface area contributed by atoms with Gasteiger partial charge in [-0.2, -0.15) is 0 Å². The average molecular weight is 311 g/mol. The van der Waals surface area contributed by atoms with Gasteiger partial charge in [-0.3, -0.25) is 0 Å². The first-order chi connectivity index (χ1) is 10.0. The van der Waals surface area contributed by atoms with Crippen molar-refractivity contribution >= 4 is 15.8 Å². The Labute approximate surface area is 127 Å². The lowest BCUT2D eigenvalue weighted by Gasteiger charge is -2.41. The fourth-order valence-electron chi connectivity index (χ4n) is 2.64. The van der Waals surface area contributed by atoms with Crippen LogP contribution in [0.25, 0.3) is 0 Å². The van der Waals surface area contributed by atoms with E-state index in [0.29, 0.717) is 18.9 Å². The summed E-state index contributed by atoms with van der Waals surface area (Å²) in [5.74, 6) is 0.436. The maximum atomic E-state index is 12.5. The molecule has 6 heteroatoms. The Hall–Kier alpha value is -1.14. The molecule has 1 heterocycles. The van der Waals surface area contributed by atoms with Crippen molar-refractivity contribution in [1.29, 1.82) is 0 Å². The first kappa shape index (κ1) is 16.2. The van der Waals surface area contributed by atoms with E-state index in [4.69, 9.17) is 0 Å². The zero-order chi connectivity index (χ0) is 15.3. The third kappa shape index (κ3) is 3.74. The van der Waals surface area contributed by atoms with Gasteiger partial charge >= 0.3 is 0 Å². The topological polar surface area (TPSA) is 71.1 Å². The fraction of sp³-hybridized carbons (Fsp3) is 0.667. The second-order valence-corrected chi connectivity index (χ2v) is 7.54. The van der Waals surface area contributed by atoms with Gasteiger partial charge in [0.25, 0.3) is 0 Å². The van der Waals surface area contributed by atoms with Crippen LogP contribution in [-0.2, 0) is 10.0 Å². The highest BCUT2D eigenvalue weighted by Gasteiger charge is 2.36. The van der Waals surface area contributed by atoms with Crippen LogP contribution in [0.2, 0.25) is 0 Å².